The van der Waals surface area contributed by atoms with Gasteiger partial charge in [0.15, 0.2) is 5.78 Å². The molecule has 2 heterocycles. The fourth-order valence-electron chi connectivity index (χ4n) is 5.48. The van der Waals surface area contributed by atoms with Gasteiger partial charge in [0.1, 0.15) is 17.8 Å². The Hall–Kier alpha value is -2.17. The summed E-state index contributed by atoms with van der Waals surface area (Å²) in [5.74, 6) is -4.03. The van der Waals surface area contributed by atoms with Gasteiger partial charge in [-0.05, 0) is 12.8 Å². The highest BCUT2D eigenvalue weighted by molar-refractivity contribution is 5.94. The van der Waals surface area contributed by atoms with E-state index in [1.807, 2.05) is 4.98 Å². The topological polar surface area (TPSA) is 139 Å². The molecule has 10 heteroatoms. The number of carbonyl (C=O) groups excluding carboxylic acids is 2. The van der Waals surface area contributed by atoms with Crippen molar-refractivity contribution in [2.75, 3.05) is 6.61 Å². The number of hydrogen-bond acceptors (Lipinski definition) is 7. The number of hydrogen-bond donors (Lipinski definition) is 3. The molecule has 1 aromatic rings. The van der Waals surface area contributed by atoms with E-state index in [1.165, 1.54) is 0 Å². The highest BCUT2D eigenvalue weighted by atomic mass is 19.1. The highest BCUT2D eigenvalue weighted by Crippen LogP contribution is 2.43. The van der Waals surface area contributed by atoms with Crippen molar-refractivity contribution in [3.63, 3.8) is 0 Å². The number of halogens is 1. The first kappa shape index (κ1) is 33.0. The molecular weight excluding hydrogens is 507 g/mol. The summed E-state index contributed by atoms with van der Waals surface area (Å²) in [6.45, 7) is 3.55. The average molecular weight is 555 g/mol. The van der Waals surface area contributed by atoms with Crippen LogP contribution in [0.25, 0.3) is 0 Å². The molecule has 1 saturated heterocycles. The van der Waals surface area contributed by atoms with Gasteiger partial charge >= 0.3 is 5.69 Å². The number of nitrogens with one attached hydrogen (secondary N) is 1. The largest absolute Gasteiger partial charge is 0.394 e. The summed E-state index contributed by atoms with van der Waals surface area (Å²) < 4.78 is 20.9. The van der Waals surface area contributed by atoms with Crippen LogP contribution in [0.5, 0.6) is 0 Å². The number of nitrogens with zero attached hydrogens (tertiary/aromatic N) is 1. The number of H-pyrrole nitrogens is 1. The molecule has 3 N–H and O–H groups in total. The van der Waals surface area contributed by atoms with E-state index in [0.717, 1.165) is 77.0 Å². The molecule has 0 aliphatic carbocycles. The molecule has 9 nitrogen and oxygen atoms in total. The SMILES string of the molecule is CCCCCCCCCC(=O)C1[C@H](O)[C@@H](CO)O[C@@]1(C(=O)CCCCCCCCC)n1cc(F)c(=O)[nH]c1=O. The molecule has 0 amide bonds. The van der Waals surface area contributed by atoms with Gasteiger partial charge in [0.2, 0.25) is 11.5 Å². The third-order valence-corrected chi connectivity index (χ3v) is 7.69. The number of aliphatic hydroxyl groups excluding tert-OH is 2. The zero-order valence-electron chi connectivity index (χ0n) is 23.6. The van der Waals surface area contributed by atoms with Gasteiger partial charge in [-0.15, -0.1) is 0 Å². The maximum absolute atomic E-state index is 14.4. The van der Waals surface area contributed by atoms with E-state index in [1.54, 1.807) is 0 Å². The van der Waals surface area contributed by atoms with Crippen LogP contribution in [0.3, 0.4) is 0 Å². The van der Waals surface area contributed by atoms with Gasteiger partial charge in [0, 0.05) is 12.8 Å². The molecule has 1 aliphatic heterocycles. The molecule has 0 saturated carbocycles. The van der Waals surface area contributed by atoms with Crippen LogP contribution in [0.15, 0.2) is 15.8 Å². The van der Waals surface area contributed by atoms with Gasteiger partial charge in [-0.2, -0.15) is 4.39 Å². The normalized spacial score (nSPS) is 22.8. The van der Waals surface area contributed by atoms with Gasteiger partial charge in [0.05, 0.1) is 18.9 Å². The summed E-state index contributed by atoms with van der Waals surface area (Å²) in [6.07, 6.45) is 10.8. The lowest BCUT2D eigenvalue weighted by molar-refractivity contribution is -0.172. The van der Waals surface area contributed by atoms with Crippen LogP contribution >= 0.6 is 0 Å². The molecule has 0 spiro atoms. The van der Waals surface area contributed by atoms with Crippen LogP contribution in [-0.4, -0.2) is 50.1 Å². The number of aromatic nitrogens is 2. The van der Waals surface area contributed by atoms with Crippen molar-refractivity contribution < 1.29 is 28.9 Å². The summed E-state index contributed by atoms with van der Waals surface area (Å²) in [4.78, 5) is 53.8. The fraction of sp³-hybridized carbons (Fsp3) is 0.793. The molecule has 0 radical (unpaired) electrons. The number of Topliss-reactive ketones (excluding diaryl/α,β-unsaturated/α-hetero) is 2. The van der Waals surface area contributed by atoms with E-state index < -0.39 is 59.1 Å². The smallest absolute Gasteiger partial charge is 0.331 e. The van der Waals surface area contributed by atoms with E-state index in [4.69, 9.17) is 4.74 Å². The Labute approximate surface area is 230 Å². The summed E-state index contributed by atoms with van der Waals surface area (Å²) in [5.41, 5.74) is -4.77. The van der Waals surface area contributed by atoms with Crippen molar-refractivity contribution in [2.45, 2.75) is 135 Å². The van der Waals surface area contributed by atoms with Crippen molar-refractivity contribution in [3.8, 4) is 0 Å². The van der Waals surface area contributed by atoms with Crippen LogP contribution in [0, 0.1) is 11.7 Å². The van der Waals surface area contributed by atoms with Crippen molar-refractivity contribution >= 4 is 11.6 Å². The maximum atomic E-state index is 14.4. The molecule has 1 fully saturated rings. The molecule has 0 aromatic carbocycles. The summed E-state index contributed by atoms with van der Waals surface area (Å²) in [6, 6.07) is 0. The van der Waals surface area contributed by atoms with Crippen LogP contribution < -0.4 is 11.2 Å². The van der Waals surface area contributed by atoms with Crippen molar-refractivity contribution in [2.24, 2.45) is 5.92 Å². The number of ketones is 2. The highest BCUT2D eigenvalue weighted by Gasteiger charge is 2.62. The van der Waals surface area contributed by atoms with Crippen molar-refractivity contribution in [3.05, 3.63) is 32.9 Å². The van der Waals surface area contributed by atoms with Crippen molar-refractivity contribution in [1.29, 1.82) is 0 Å². The number of ether oxygens (including phenoxy) is 1. The van der Waals surface area contributed by atoms with E-state index in [2.05, 4.69) is 13.8 Å². The first-order valence-electron chi connectivity index (χ1n) is 14.8. The Morgan fingerprint density at radius 3 is 1.97 bits per heavy atom. The van der Waals surface area contributed by atoms with Gasteiger partial charge in [-0.1, -0.05) is 90.9 Å². The van der Waals surface area contributed by atoms with Crippen LogP contribution in [0.1, 0.15) is 117 Å². The second-order valence-electron chi connectivity index (χ2n) is 10.7. The molecule has 39 heavy (non-hydrogen) atoms. The van der Waals surface area contributed by atoms with Crippen LogP contribution in [0.2, 0.25) is 0 Å². The molecule has 222 valence electrons. The lowest BCUT2D eigenvalue weighted by atomic mass is 9.81. The Morgan fingerprint density at radius 2 is 1.44 bits per heavy atom. The van der Waals surface area contributed by atoms with Gasteiger partial charge < -0.3 is 14.9 Å². The number of carbonyl (C=O) groups is 2. The minimum atomic E-state index is -2.37. The van der Waals surface area contributed by atoms with E-state index in [9.17, 15) is 33.8 Å². The minimum Gasteiger partial charge on any atom is -0.394 e. The molecule has 1 unspecified atom stereocenters. The Balaban J connectivity index is 2.32. The van der Waals surface area contributed by atoms with Crippen molar-refractivity contribution in [1.82, 2.24) is 9.55 Å². The second-order valence-corrected chi connectivity index (χ2v) is 10.7. The average Bonchev–Trinajstić information content (AvgIpc) is 3.22. The maximum Gasteiger partial charge on any atom is 0.331 e. The molecule has 1 aromatic heterocycles. The Kier molecular flexibility index (Phi) is 14.3. The molecular formula is C29H47FN2O7. The number of rotatable bonds is 20. The summed E-state index contributed by atoms with van der Waals surface area (Å²) >= 11 is 0. The molecule has 1 aliphatic rings. The standard InChI is InChI=1S/C29H47FN2O7/c1-3-5-7-9-11-13-15-17-22(34)25-26(36)23(20-33)39-29(25,32-19-21(30)27(37)31-28(32)38)24(35)18-16-14-12-10-8-6-4-2/h19,23,25-26,33,36H,3-18,20H2,1-2H3,(H,31,37,38)/t23-,25?,26-,29-/m1/s1. The lowest BCUT2D eigenvalue weighted by Crippen LogP contribution is -2.56. The third kappa shape index (κ3) is 8.66. The first-order chi connectivity index (χ1) is 18.7. The number of aromatic amines is 1. The Morgan fingerprint density at radius 1 is 0.923 bits per heavy atom. The Bertz CT molecular complexity index is 1020. The van der Waals surface area contributed by atoms with Crippen LogP contribution in [0.4, 0.5) is 4.39 Å². The zero-order chi connectivity index (χ0) is 28.8. The quantitative estimate of drug-likeness (QED) is 0.206. The predicted octanol–water partition coefficient (Wildman–Crippen LogP) is 4.12. The van der Waals surface area contributed by atoms with E-state index >= 15 is 0 Å². The van der Waals surface area contributed by atoms with Gasteiger partial charge in [-0.25, -0.2) is 4.79 Å². The van der Waals surface area contributed by atoms with Gasteiger partial charge in [0.25, 0.3) is 5.56 Å². The van der Waals surface area contributed by atoms with Gasteiger partial charge in [-0.3, -0.25) is 23.9 Å². The number of unbranched alkanes of at least 4 members (excludes halogenated alkanes) is 12. The molecule has 4 atom stereocenters. The zero-order valence-corrected chi connectivity index (χ0v) is 23.6. The molecule has 2 rings (SSSR count). The number of aliphatic hydroxyl groups is 2. The first-order valence-corrected chi connectivity index (χ1v) is 14.8. The summed E-state index contributed by atoms with van der Waals surface area (Å²) in [5, 5.41) is 20.9. The minimum absolute atomic E-state index is 0.0318. The summed E-state index contributed by atoms with van der Waals surface area (Å²) in [7, 11) is 0. The monoisotopic (exact) mass is 554 g/mol. The van der Waals surface area contributed by atoms with E-state index in [0.29, 0.717) is 23.6 Å². The lowest BCUT2D eigenvalue weighted by Gasteiger charge is -2.34. The third-order valence-electron chi connectivity index (χ3n) is 7.69. The fourth-order valence-corrected chi connectivity index (χ4v) is 5.48. The molecule has 0 bridgehead atoms. The predicted molar refractivity (Wildman–Crippen MR) is 146 cm³/mol. The van der Waals surface area contributed by atoms with E-state index in [-0.39, 0.29) is 12.8 Å². The van der Waals surface area contributed by atoms with Crippen LogP contribution in [-0.2, 0) is 20.1 Å². The second kappa shape index (κ2) is 16.8.